The van der Waals surface area contributed by atoms with E-state index in [1.807, 2.05) is 68.6 Å². The number of fused-ring (bicyclic) bond motifs is 4. The Morgan fingerprint density at radius 1 is 0.906 bits per heavy atom. The third kappa shape index (κ3) is 5.77. The number of pyridine rings is 1. The Kier molecular flexibility index (Phi) is 7.96. The van der Waals surface area contributed by atoms with Crippen LogP contribution in [-0.4, -0.2) is 65.0 Å². The minimum atomic E-state index is -0.298. The summed E-state index contributed by atoms with van der Waals surface area (Å²) < 4.78 is 13.6. The fourth-order valence-electron chi connectivity index (χ4n) is 7.94. The molecular weight excluding hydrogens is 668 g/mol. The van der Waals surface area contributed by atoms with E-state index >= 15 is 0 Å². The Morgan fingerprint density at radius 2 is 1.66 bits per heavy atom. The predicted octanol–water partition coefficient (Wildman–Crippen LogP) is 6.84. The Balaban J connectivity index is 0.924. The van der Waals surface area contributed by atoms with Crippen molar-refractivity contribution in [2.24, 2.45) is 12.5 Å². The summed E-state index contributed by atoms with van der Waals surface area (Å²) in [5.74, 6) is 1.06. The number of amides is 2. The largest absolute Gasteiger partial charge is 0.452 e. The highest BCUT2D eigenvalue weighted by molar-refractivity contribution is 6.11. The first-order valence-electron chi connectivity index (χ1n) is 18.0. The summed E-state index contributed by atoms with van der Waals surface area (Å²) in [5.41, 5.74) is 6.61. The second-order valence-electron chi connectivity index (χ2n) is 14.4. The molecule has 3 aromatic carbocycles. The van der Waals surface area contributed by atoms with E-state index in [9.17, 15) is 14.4 Å². The number of ketones is 1. The van der Waals surface area contributed by atoms with Gasteiger partial charge in [-0.3, -0.25) is 14.4 Å². The third-order valence-electron chi connectivity index (χ3n) is 10.9. The molecule has 266 valence electrons. The van der Waals surface area contributed by atoms with Crippen LogP contribution in [0.4, 0.5) is 17.2 Å². The van der Waals surface area contributed by atoms with E-state index in [-0.39, 0.29) is 28.8 Å². The standard InChI is InChI=1S/C42H38N6O5/c1-26-21-31(38(43-23-26)47-24-42(25-47)16-19-52-20-17-42)40(50)44-29-13-11-27(12-14-29)41(51)48-18-15-28-22-35(53-37(28)30-7-3-5-9-33(30)48)36(49)39-45-32-8-4-6-10-34(32)46(39)2/h3-14,21-23H,15-20,24-25H2,1-2H3,(H,44,50). The molecule has 9 rings (SSSR count). The lowest BCUT2D eigenvalue weighted by Gasteiger charge is -2.53. The lowest BCUT2D eigenvalue weighted by Crippen LogP contribution is -2.59. The molecule has 0 aliphatic carbocycles. The van der Waals surface area contributed by atoms with Crippen molar-refractivity contribution < 1.29 is 23.5 Å². The molecule has 0 atom stereocenters. The van der Waals surface area contributed by atoms with Crippen molar-refractivity contribution in [1.82, 2.24) is 14.5 Å². The van der Waals surface area contributed by atoms with Gasteiger partial charge in [0.15, 0.2) is 11.6 Å². The second-order valence-corrected chi connectivity index (χ2v) is 14.4. The average molecular weight is 707 g/mol. The number of nitrogens with one attached hydrogen (secondary N) is 1. The quantitative estimate of drug-likeness (QED) is 0.187. The third-order valence-corrected chi connectivity index (χ3v) is 10.9. The molecule has 0 saturated carbocycles. The predicted molar refractivity (Wildman–Crippen MR) is 202 cm³/mol. The molecule has 2 fully saturated rings. The zero-order chi connectivity index (χ0) is 36.3. The van der Waals surface area contributed by atoms with Crippen LogP contribution in [0.15, 0.2) is 95.5 Å². The van der Waals surface area contributed by atoms with Crippen molar-refractivity contribution in [2.75, 3.05) is 48.0 Å². The van der Waals surface area contributed by atoms with Crippen molar-refractivity contribution in [3.8, 4) is 11.3 Å². The van der Waals surface area contributed by atoms with Crippen molar-refractivity contribution in [3.63, 3.8) is 0 Å². The fourth-order valence-corrected chi connectivity index (χ4v) is 7.94. The van der Waals surface area contributed by atoms with Gasteiger partial charge in [0.1, 0.15) is 11.6 Å². The van der Waals surface area contributed by atoms with E-state index < -0.39 is 0 Å². The van der Waals surface area contributed by atoms with Crippen LogP contribution >= 0.6 is 0 Å². The second kappa shape index (κ2) is 12.9. The monoisotopic (exact) mass is 706 g/mol. The number of para-hydroxylation sites is 3. The van der Waals surface area contributed by atoms with Gasteiger partial charge in [-0.2, -0.15) is 0 Å². The van der Waals surface area contributed by atoms with Gasteiger partial charge in [0.2, 0.25) is 0 Å². The van der Waals surface area contributed by atoms with Crippen LogP contribution in [-0.2, 0) is 18.2 Å². The molecule has 0 radical (unpaired) electrons. The Labute approximate surface area is 306 Å². The van der Waals surface area contributed by atoms with Gasteiger partial charge >= 0.3 is 0 Å². The number of ether oxygens (including phenoxy) is 1. The average Bonchev–Trinajstić information content (AvgIpc) is 3.71. The number of furan rings is 1. The molecule has 3 aliphatic heterocycles. The number of imidazole rings is 1. The molecular formula is C42H38N6O5. The number of anilines is 3. The molecule has 2 saturated heterocycles. The number of aryl methyl sites for hydroxylation is 2. The van der Waals surface area contributed by atoms with E-state index in [0.717, 1.165) is 66.9 Å². The van der Waals surface area contributed by atoms with Gasteiger partial charge < -0.3 is 28.8 Å². The summed E-state index contributed by atoms with van der Waals surface area (Å²) in [4.78, 5) is 54.5. The molecule has 6 heterocycles. The zero-order valence-corrected chi connectivity index (χ0v) is 29.6. The number of rotatable bonds is 6. The molecule has 11 heteroatoms. The van der Waals surface area contributed by atoms with Gasteiger partial charge in [-0.1, -0.05) is 24.3 Å². The number of aromatic nitrogens is 3. The molecule has 53 heavy (non-hydrogen) atoms. The van der Waals surface area contributed by atoms with Gasteiger partial charge in [-0.15, -0.1) is 0 Å². The number of benzene rings is 3. The number of nitrogens with zero attached hydrogens (tertiary/aromatic N) is 5. The van der Waals surface area contributed by atoms with E-state index in [4.69, 9.17) is 9.15 Å². The Morgan fingerprint density at radius 3 is 2.45 bits per heavy atom. The van der Waals surface area contributed by atoms with Gasteiger partial charge in [0.25, 0.3) is 17.6 Å². The fraction of sp³-hybridized carbons (Fsp3) is 0.262. The van der Waals surface area contributed by atoms with Crippen LogP contribution in [0.3, 0.4) is 0 Å². The van der Waals surface area contributed by atoms with E-state index in [1.54, 1.807) is 46.0 Å². The maximum Gasteiger partial charge on any atom is 0.263 e. The van der Waals surface area contributed by atoms with Crippen LogP contribution in [0, 0.1) is 12.3 Å². The number of hydrogen-bond donors (Lipinski definition) is 1. The van der Waals surface area contributed by atoms with Crippen LogP contribution in [0.25, 0.3) is 22.4 Å². The van der Waals surface area contributed by atoms with Crippen molar-refractivity contribution in [3.05, 3.63) is 125 Å². The van der Waals surface area contributed by atoms with Crippen LogP contribution in [0.5, 0.6) is 0 Å². The smallest absolute Gasteiger partial charge is 0.263 e. The lowest BCUT2D eigenvalue weighted by atomic mass is 9.73. The maximum atomic E-state index is 14.1. The van der Waals surface area contributed by atoms with Gasteiger partial charge in [0.05, 0.1) is 22.3 Å². The summed E-state index contributed by atoms with van der Waals surface area (Å²) in [6.07, 6.45) is 4.35. The van der Waals surface area contributed by atoms with Crippen LogP contribution in [0.2, 0.25) is 0 Å². The summed E-state index contributed by atoms with van der Waals surface area (Å²) in [7, 11) is 1.82. The number of carbonyl (C=O) groups is 3. The van der Waals surface area contributed by atoms with Gasteiger partial charge in [-0.25, -0.2) is 9.97 Å². The van der Waals surface area contributed by atoms with Crippen molar-refractivity contribution in [1.29, 1.82) is 0 Å². The summed E-state index contributed by atoms with van der Waals surface area (Å²) >= 11 is 0. The highest BCUT2D eigenvalue weighted by Crippen LogP contribution is 2.43. The molecule has 0 unspecified atom stereocenters. The first-order chi connectivity index (χ1) is 25.8. The number of carbonyl (C=O) groups excluding carboxylic acids is 3. The Hall–Kier alpha value is -6.07. The van der Waals surface area contributed by atoms with Crippen LogP contribution in [0.1, 0.15) is 61.1 Å². The maximum absolute atomic E-state index is 14.1. The van der Waals surface area contributed by atoms with E-state index in [2.05, 4.69) is 20.2 Å². The molecule has 1 spiro atoms. The summed E-state index contributed by atoms with van der Waals surface area (Å²) in [6.45, 7) is 5.61. The minimum absolute atomic E-state index is 0.179. The Bertz CT molecular complexity index is 2410. The van der Waals surface area contributed by atoms with E-state index in [1.165, 1.54) is 0 Å². The van der Waals surface area contributed by atoms with Gasteiger partial charge in [-0.05, 0) is 92.4 Å². The minimum Gasteiger partial charge on any atom is -0.452 e. The SMILES string of the molecule is Cc1cnc(N2CC3(CCOCC3)C2)c(C(=O)Nc2ccc(C(=O)N3CCc4cc(C(=O)c5nc6ccccc6n5C)oc4-c4ccccc43)cc2)c1. The normalized spacial score (nSPS) is 16.1. The zero-order valence-electron chi connectivity index (χ0n) is 29.6. The van der Waals surface area contributed by atoms with E-state index in [0.29, 0.717) is 52.9 Å². The molecule has 6 aromatic rings. The summed E-state index contributed by atoms with van der Waals surface area (Å²) in [5, 5.41) is 3.02. The molecule has 3 aromatic heterocycles. The molecule has 3 aliphatic rings. The molecule has 2 amide bonds. The van der Waals surface area contributed by atoms with Crippen molar-refractivity contribution >= 4 is 45.8 Å². The molecule has 1 N–H and O–H groups in total. The number of hydrogen-bond acceptors (Lipinski definition) is 8. The topological polar surface area (TPSA) is 123 Å². The highest BCUT2D eigenvalue weighted by atomic mass is 16.5. The summed E-state index contributed by atoms with van der Waals surface area (Å²) in [6, 6.07) is 25.8. The van der Waals surface area contributed by atoms with Gasteiger partial charge in [0, 0.05) is 73.9 Å². The van der Waals surface area contributed by atoms with Crippen molar-refractivity contribution in [2.45, 2.75) is 26.2 Å². The molecule has 11 nitrogen and oxygen atoms in total. The lowest BCUT2D eigenvalue weighted by molar-refractivity contribution is -0.000511. The first-order valence-corrected chi connectivity index (χ1v) is 18.0. The molecule has 0 bridgehead atoms. The van der Waals surface area contributed by atoms with Crippen LogP contribution < -0.4 is 15.1 Å². The highest BCUT2D eigenvalue weighted by Gasteiger charge is 2.45. The first kappa shape index (κ1) is 32.8.